The lowest BCUT2D eigenvalue weighted by Crippen LogP contribution is -2.46. The third kappa shape index (κ3) is 4.48. The number of hydrogen-bond acceptors (Lipinski definition) is 2. The molecule has 4 heteroatoms. The molecule has 1 amide bonds. The Balaban J connectivity index is 0.00000144. The van der Waals surface area contributed by atoms with E-state index in [-0.39, 0.29) is 24.2 Å². The Morgan fingerprint density at radius 3 is 2.69 bits per heavy atom. The molecular formula is C9H19ClN2O. The molecule has 2 N–H and O–H groups in total. The van der Waals surface area contributed by atoms with E-state index in [1.807, 2.05) is 13.8 Å². The molecule has 1 unspecified atom stereocenters. The first-order chi connectivity index (χ1) is 5.70. The van der Waals surface area contributed by atoms with Crippen LogP contribution < -0.4 is 10.6 Å². The number of carbonyl (C=O) groups excluding carboxylic acids is 1. The summed E-state index contributed by atoms with van der Waals surface area (Å²) in [5.74, 6) is 0.274. The van der Waals surface area contributed by atoms with Crippen molar-refractivity contribution in [1.82, 2.24) is 10.6 Å². The Morgan fingerprint density at radius 2 is 2.23 bits per heavy atom. The van der Waals surface area contributed by atoms with Crippen LogP contribution >= 0.6 is 12.4 Å². The molecule has 13 heavy (non-hydrogen) atoms. The lowest BCUT2D eigenvalue weighted by Gasteiger charge is -2.24. The van der Waals surface area contributed by atoms with Crippen molar-refractivity contribution in [2.24, 2.45) is 5.92 Å². The van der Waals surface area contributed by atoms with E-state index in [1.54, 1.807) is 0 Å². The molecule has 0 aromatic carbocycles. The van der Waals surface area contributed by atoms with Gasteiger partial charge >= 0.3 is 0 Å². The van der Waals surface area contributed by atoms with Crippen LogP contribution in [0.15, 0.2) is 0 Å². The zero-order valence-electron chi connectivity index (χ0n) is 8.30. The van der Waals surface area contributed by atoms with Crippen LogP contribution in [0.1, 0.15) is 26.7 Å². The molecule has 0 spiro atoms. The zero-order chi connectivity index (χ0) is 8.97. The summed E-state index contributed by atoms with van der Waals surface area (Å²) >= 11 is 0. The molecule has 0 radical (unpaired) electrons. The van der Waals surface area contributed by atoms with Gasteiger partial charge in [-0.05, 0) is 19.4 Å². The van der Waals surface area contributed by atoms with Crippen molar-refractivity contribution in [3.63, 3.8) is 0 Å². The van der Waals surface area contributed by atoms with Gasteiger partial charge < -0.3 is 10.6 Å². The van der Waals surface area contributed by atoms with Crippen LogP contribution in [0.5, 0.6) is 0 Å². The average Bonchev–Trinajstić information content (AvgIpc) is 2.06. The van der Waals surface area contributed by atoms with Gasteiger partial charge in [0.25, 0.3) is 0 Å². The molecule has 3 nitrogen and oxygen atoms in total. The molecule has 0 bridgehead atoms. The third-order valence-electron chi connectivity index (χ3n) is 2.17. The summed E-state index contributed by atoms with van der Waals surface area (Å²) in [6, 6.07) is 0.355. The number of halogens is 1. The van der Waals surface area contributed by atoms with Crippen LogP contribution in [0.2, 0.25) is 0 Å². The van der Waals surface area contributed by atoms with Crippen LogP contribution in [0, 0.1) is 5.92 Å². The summed E-state index contributed by atoms with van der Waals surface area (Å²) in [7, 11) is 0. The van der Waals surface area contributed by atoms with Crippen molar-refractivity contribution in [1.29, 1.82) is 0 Å². The molecular weight excluding hydrogens is 188 g/mol. The highest BCUT2D eigenvalue weighted by molar-refractivity contribution is 5.85. The van der Waals surface area contributed by atoms with Crippen LogP contribution in [-0.2, 0) is 4.79 Å². The normalized spacial score (nSPS) is 22.2. The first kappa shape index (κ1) is 12.7. The van der Waals surface area contributed by atoms with Gasteiger partial charge in [-0.15, -0.1) is 12.4 Å². The van der Waals surface area contributed by atoms with Crippen molar-refractivity contribution in [3.8, 4) is 0 Å². The Kier molecular flexibility index (Phi) is 6.08. The average molecular weight is 207 g/mol. The van der Waals surface area contributed by atoms with Crippen LogP contribution in [0.3, 0.4) is 0 Å². The topological polar surface area (TPSA) is 41.1 Å². The maximum Gasteiger partial charge on any atom is 0.222 e. The molecule has 0 aliphatic carbocycles. The number of nitrogens with one attached hydrogen (secondary N) is 2. The van der Waals surface area contributed by atoms with Gasteiger partial charge in [-0.3, -0.25) is 4.79 Å². The minimum atomic E-state index is 0. The molecule has 1 fully saturated rings. The Labute approximate surface area is 86.1 Å². The summed E-state index contributed by atoms with van der Waals surface area (Å²) < 4.78 is 0. The standard InChI is InChI=1S/C9H18N2O.ClH/c1-7(2)9(12)11-8-4-3-5-10-6-8;/h7-8,10H,3-6H2,1-2H3,(H,11,12);1H. The number of hydrogen-bond donors (Lipinski definition) is 2. The van der Waals surface area contributed by atoms with E-state index < -0.39 is 0 Å². The highest BCUT2D eigenvalue weighted by Gasteiger charge is 2.16. The molecule has 78 valence electrons. The van der Waals surface area contributed by atoms with Gasteiger partial charge in [0.1, 0.15) is 0 Å². The summed E-state index contributed by atoms with van der Waals surface area (Å²) in [6.45, 7) is 5.86. The molecule has 1 aliphatic heterocycles. The van der Waals surface area contributed by atoms with E-state index in [2.05, 4.69) is 10.6 Å². The minimum absolute atomic E-state index is 0. The molecule has 1 aliphatic rings. The molecule has 0 aromatic rings. The highest BCUT2D eigenvalue weighted by Crippen LogP contribution is 2.02. The first-order valence-corrected chi connectivity index (χ1v) is 4.71. The van der Waals surface area contributed by atoms with E-state index in [4.69, 9.17) is 0 Å². The quantitative estimate of drug-likeness (QED) is 0.706. The fourth-order valence-electron chi connectivity index (χ4n) is 1.34. The number of rotatable bonds is 2. The van der Waals surface area contributed by atoms with Crippen molar-refractivity contribution in [3.05, 3.63) is 0 Å². The second-order valence-electron chi connectivity index (χ2n) is 3.71. The molecule has 0 saturated carbocycles. The summed E-state index contributed by atoms with van der Waals surface area (Å²) in [6.07, 6.45) is 2.29. The van der Waals surface area contributed by atoms with Gasteiger partial charge in [-0.2, -0.15) is 0 Å². The Morgan fingerprint density at radius 1 is 1.54 bits per heavy atom. The molecule has 1 atom stereocenters. The van der Waals surface area contributed by atoms with E-state index in [9.17, 15) is 4.79 Å². The Hall–Kier alpha value is -0.280. The van der Waals surface area contributed by atoms with E-state index in [1.165, 1.54) is 6.42 Å². The van der Waals surface area contributed by atoms with E-state index >= 15 is 0 Å². The third-order valence-corrected chi connectivity index (χ3v) is 2.17. The van der Waals surface area contributed by atoms with Crippen molar-refractivity contribution in [2.45, 2.75) is 32.7 Å². The predicted molar refractivity (Wildman–Crippen MR) is 56.1 cm³/mol. The van der Waals surface area contributed by atoms with Crippen molar-refractivity contribution in [2.75, 3.05) is 13.1 Å². The number of piperidine rings is 1. The Bertz CT molecular complexity index is 156. The smallest absolute Gasteiger partial charge is 0.222 e. The molecule has 1 heterocycles. The highest BCUT2D eigenvalue weighted by atomic mass is 35.5. The second kappa shape index (κ2) is 6.22. The lowest BCUT2D eigenvalue weighted by molar-refractivity contribution is -0.124. The number of carbonyl (C=O) groups is 1. The largest absolute Gasteiger partial charge is 0.352 e. The van der Waals surface area contributed by atoms with Gasteiger partial charge in [-0.1, -0.05) is 13.8 Å². The van der Waals surface area contributed by atoms with Crippen molar-refractivity contribution >= 4 is 18.3 Å². The monoisotopic (exact) mass is 206 g/mol. The first-order valence-electron chi connectivity index (χ1n) is 4.71. The maximum absolute atomic E-state index is 11.3. The van der Waals surface area contributed by atoms with Gasteiger partial charge in [0.15, 0.2) is 0 Å². The summed E-state index contributed by atoms with van der Waals surface area (Å²) in [5, 5.41) is 6.28. The lowest BCUT2D eigenvalue weighted by atomic mass is 10.1. The molecule has 1 rings (SSSR count). The van der Waals surface area contributed by atoms with Gasteiger partial charge in [0.05, 0.1) is 0 Å². The summed E-state index contributed by atoms with van der Waals surface area (Å²) in [4.78, 5) is 11.3. The van der Waals surface area contributed by atoms with E-state index in [0.29, 0.717) is 6.04 Å². The fraction of sp³-hybridized carbons (Fsp3) is 0.889. The number of amides is 1. The van der Waals surface area contributed by atoms with Crippen molar-refractivity contribution < 1.29 is 4.79 Å². The van der Waals surface area contributed by atoms with Gasteiger partial charge in [0.2, 0.25) is 5.91 Å². The summed E-state index contributed by atoms with van der Waals surface area (Å²) in [5.41, 5.74) is 0. The van der Waals surface area contributed by atoms with Crippen LogP contribution in [0.25, 0.3) is 0 Å². The van der Waals surface area contributed by atoms with Crippen LogP contribution in [-0.4, -0.2) is 25.0 Å². The zero-order valence-corrected chi connectivity index (χ0v) is 9.12. The molecule has 1 saturated heterocycles. The maximum atomic E-state index is 11.3. The predicted octanol–water partition coefficient (Wildman–Crippen LogP) is 0.932. The minimum Gasteiger partial charge on any atom is -0.352 e. The van der Waals surface area contributed by atoms with Gasteiger partial charge in [-0.25, -0.2) is 0 Å². The fourth-order valence-corrected chi connectivity index (χ4v) is 1.34. The van der Waals surface area contributed by atoms with Gasteiger partial charge in [0, 0.05) is 18.5 Å². The second-order valence-corrected chi connectivity index (χ2v) is 3.71. The molecule has 0 aromatic heterocycles. The van der Waals surface area contributed by atoms with Crippen LogP contribution in [0.4, 0.5) is 0 Å². The van der Waals surface area contributed by atoms with E-state index in [0.717, 1.165) is 19.5 Å². The SMILES string of the molecule is CC(C)C(=O)NC1CCCNC1.Cl.